The fourth-order valence-corrected chi connectivity index (χ4v) is 5.68. The van der Waals surface area contributed by atoms with Gasteiger partial charge in [0.2, 0.25) is 0 Å². The van der Waals surface area contributed by atoms with Crippen molar-refractivity contribution in [2.24, 2.45) is 0 Å². The Labute approximate surface area is 134 Å². The molecule has 0 N–H and O–H groups in total. The van der Waals surface area contributed by atoms with Crippen LogP contribution >= 0.6 is 7.92 Å². The summed E-state index contributed by atoms with van der Waals surface area (Å²) < 4.78 is 0. The average Bonchev–Trinajstić information content (AvgIpc) is 2.52. The molecule has 0 saturated heterocycles. The maximum absolute atomic E-state index is 2.31. The second kappa shape index (κ2) is 6.46. The van der Waals surface area contributed by atoms with Crippen LogP contribution in [0.25, 0.3) is 0 Å². The molecule has 110 valence electrons. The van der Waals surface area contributed by atoms with Crippen LogP contribution in [0.3, 0.4) is 0 Å². The van der Waals surface area contributed by atoms with Gasteiger partial charge < -0.3 is 0 Å². The number of hydrogen-bond donors (Lipinski definition) is 0. The van der Waals surface area contributed by atoms with E-state index in [1.54, 1.807) is 0 Å². The summed E-state index contributed by atoms with van der Waals surface area (Å²) in [6, 6.07) is 26.4. The Morgan fingerprint density at radius 3 is 1.41 bits per heavy atom. The van der Waals surface area contributed by atoms with Crippen molar-refractivity contribution in [1.82, 2.24) is 0 Å². The normalized spacial score (nSPS) is 10.9. The summed E-state index contributed by atoms with van der Waals surface area (Å²) in [5.41, 5.74) is 4.14. The molecule has 0 amide bonds. The molecule has 0 unspecified atom stereocenters. The molecule has 0 radical (unpaired) electrons. The van der Waals surface area contributed by atoms with Gasteiger partial charge in [0.1, 0.15) is 0 Å². The van der Waals surface area contributed by atoms with Crippen molar-refractivity contribution in [1.29, 1.82) is 0 Å². The van der Waals surface area contributed by atoms with E-state index in [-0.39, 0.29) is 0 Å². The Bertz CT molecular complexity index is 698. The van der Waals surface area contributed by atoms with Crippen LogP contribution < -0.4 is 15.9 Å². The molecule has 0 aliphatic rings. The molecule has 0 spiro atoms. The van der Waals surface area contributed by atoms with Crippen LogP contribution in [0.15, 0.2) is 72.8 Å². The van der Waals surface area contributed by atoms with E-state index in [0.29, 0.717) is 0 Å². The quantitative estimate of drug-likeness (QED) is 0.630. The third-order valence-electron chi connectivity index (χ3n) is 3.89. The molecule has 1 heteroatoms. The van der Waals surface area contributed by atoms with Gasteiger partial charge in [-0.1, -0.05) is 78.4 Å². The lowest BCUT2D eigenvalue weighted by atomic mass is 10.1. The van der Waals surface area contributed by atoms with E-state index in [4.69, 9.17) is 0 Å². The van der Waals surface area contributed by atoms with Gasteiger partial charge in [-0.25, -0.2) is 0 Å². The topological polar surface area (TPSA) is 0 Å². The highest BCUT2D eigenvalue weighted by molar-refractivity contribution is 7.80. The van der Waals surface area contributed by atoms with Gasteiger partial charge in [-0.15, -0.1) is 0 Å². The molecule has 0 aliphatic carbocycles. The molecule has 0 bridgehead atoms. The average molecular weight is 304 g/mol. The molecule has 0 nitrogen and oxygen atoms in total. The van der Waals surface area contributed by atoms with Gasteiger partial charge in [0.05, 0.1) is 0 Å². The first-order chi connectivity index (χ1) is 10.7. The van der Waals surface area contributed by atoms with Crippen LogP contribution in [0.1, 0.15) is 16.7 Å². The number of rotatable bonds is 3. The SMILES string of the molecule is Cc1cc(C)c(P(c2ccccc2)c2ccccc2)c(C)c1. The van der Waals surface area contributed by atoms with E-state index in [1.165, 1.54) is 32.6 Å². The first-order valence-corrected chi connectivity index (χ1v) is 8.99. The summed E-state index contributed by atoms with van der Waals surface area (Å²) in [4.78, 5) is 0. The zero-order valence-corrected chi connectivity index (χ0v) is 14.3. The second-order valence-corrected chi connectivity index (χ2v) is 7.90. The van der Waals surface area contributed by atoms with E-state index in [2.05, 4.69) is 93.6 Å². The summed E-state index contributed by atoms with van der Waals surface area (Å²) in [5, 5.41) is 4.33. The molecule has 3 aromatic rings. The Hall–Kier alpha value is -1.91. The van der Waals surface area contributed by atoms with Crippen LogP contribution in [0.2, 0.25) is 0 Å². The van der Waals surface area contributed by atoms with Crippen LogP contribution in [-0.4, -0.2) is 0 Å². The lowest BCUT2D eigenvalue weighted by Gasteiger charge is -2.23. The Kier molecular flexibility index (Phi) is 4.41. The van der Waals surface area contributed by atoms with Gasteiger partial charge in [-0.05, 0) is 55.7 Å². The van der Waals surface area contributed by atoms with Gasteiger partial charge in [-0.2, -0.15) is 0 Å². The van der Waals surface area contributed by atoms with Gasteiger partial charge >= 0.3 is 0 Å². The molecular formula is C21H21P. The van der Waals surface area contributed by atoms with Gasteiger partial charge in [0.25, 0.3) is 0 Å². The Balaban J connectivity index is 2.24. The van der Waals surface area contributed by atoms with Gasteiger partial charge in [-0.3, -0.25) is 0 Å². The molecule has 3 rings (SSSR count). The molecule has 0 fully saturated rings. The highest BCUT2D eigenvalue weighted by Crippen LogP contribution is 2.35. The van der Waals surface area contributed by atoms with Crippen molar-refractivity contribution < 1.29 is 0 Å². The van der Waals surface area contributed by atoms with Crippen molar-refractivity contribution in [3.8, 4) is 0 Å². The molecular weight excluding hydrogens is 283 g/mol. The van der Waals surface area contributed by atoms with E-state index in [1.807, 2.05) is 0 Å². The van der Waals surface area contributed by atoms with Crippen LogP contribution in [0.4, 0.5) is 0 Å². The van der Waals surface area contributed by atoms with Gasteiger partial charge in [0, 0.05) is 0 Å². The second-order valence-electron chi connectivity index (χ2n) is 5.75. The predicted octanol–water partition coefficient (Wildman–Crippen LogP) is 4.37. The van der Waals surface area contributed by atoms with Crippen LogP contribution in [-0.2, 0) is 0 Å². The number of benzene rings is 3. The first kappa shape index (κ1) is 15.0. The van der Waals surface area contributed by atoms with Crippen molar-refractivity contribution in [3.63, 3.8) is 0 Å². The summed E-state index contributed by atoms with van der Waals surface area (Å²) in [7, 11) is -0.500. The molecule has 3 aromatic carbocycles. The highest BCUT2D eigenvalue weighted by Gasteiger charge is 2.20. The smallest absolute Gasteiger partial charge is 0.00924 e. The van der Waals surface area contributed by atoms with E-state index < -0.39 is 7.92 Å². The highest BCUT2D eigenvalue weighted by atomic mass is 31.1. The lowest BCUT2D eigenvalue weighted by molar-refractivity contribution is 1.36. The summed E-state index contributed by atoms with van der Waals surface area (Å²) >= 11 is 0. The van der Waals surface area contributed by atoms with Crippen molar-refractivity contribution >= 4 is 23.8 Å². The molecule has 0 atom stereocenters. The van der Waals surface area contributed by atoms with Crippen molar-refractivity contribution in [3.05, 3.63) is 89.5 Å². The maximum atomic E-state index is 2.31. The summed E-state index contributed by atoms with van der Waals surface area (Å²) in [5.74, 6) is 0. The zero-order valence-electron chi connectivity index (χ0n) is 13.4. The molecule has 0 aliphatic heterocycles. The summed E-state index contributed by atoms with van der Waals surface area (Å²) in [6.07, 6.45) is 0. The largest absolute Gasteiger partial charge is 0.0622 e. The van der Waals surface area contributed by atoms with Crippen molar-refractivity contribution in [2.75, 3.05) is 0 Å². The fraction of sp³-hybridized carbons (Fsp3) is 0.143. The standard InChI is InChI=1S/C21H21P/c1-16-14-17(2)21(18(3)15-16)22(19-10-6-4-7-11-19)20-12-8-5-9-13-20/h4-15H,1-3H3. The molecule has 0 saturated carbocycles. The van der Waals surface area contributed by atoms with Gasteiger partial charge in [0.15, 0.2) is 0 Å². The molecule has 22 heavy (non-hydrogen) atoms. The summed E-state index contributed by atoms with van der Waals surface area (Å²) in [6.45, 7) is 6.67. The monoisotopic (exact) mass is 304 g/mol. The fourth-order valence-electron chi connectivity index (χ4n) is 3.09. The minimum Gasteiger partial charge on any atom is -0.0622 e. The zero-order chi connectivity index (χ0) is 15.5. The van der Waals surface area contributed by atoms with E-state index in [0.717, 1.165) is 0 Å². The lowest BCUT2D eigenvalue weighted by Crippen LogP contribution is -2.24. The van der Waals surface area contributed by atoms with Crippen LogP contribution in [0.5, 0.6) is 0 Å². The maximum Gasteiger partial charge on any atom is -0.00924 e. The minimum absolute atomic E-state index is 0.500. The Morgan fingerprint density at radius 2 is 1.00 bits per heavy atom. The van der Waals surface area contributed by atoms with E-state index >= 15 is 0 Å². The first-order valence-electron chi connectivity index (χ1n) is 7.65. The van der Waals surface area contributed by atoms with E-state index in [9.17, 15) is 0 Å². The number of aryl methyl sites for hydroxylation is 3. The minimum atomic E-state index is -0.500. The number of hydrogen-bond acceptors (Lipinski definition) is 0. The third kappa shape index (κ3) is 2.98. The van der Waals surface area contributed by atoms with Crippen molar-refractivity contribution in [2.45, 2.75) is 20.8 Å². The molecule has 0 aromatic heterocycles. The molecule has 0 heterocycles. The van der Waals surface area contributed by atoms with Crippen LogP contribution in [0, 0.1) is 20.8 Å². The predicted molar refractivity (Wildman–Crippen MR) is 99.4 cm³/mol. The Morgan fingerprint density at radius 1 is 0.591 bits per heavy atom. The third-order valence-corrected chi connectivity index (χ3v) is 6.67.